The van der Waals surface area contributed by atoms with Gasteiger partial charge in [0, 0.05) is 49.9 Å². The Hall–Kier alpha value is -2.77. The van der Waals surface area contributed by atoms with E-state index in [1.54, 1.807) is 0 Å². The van der Waals surface area contributed by atoms with Crippen molar-refractivity contribution >= 4 is 16.9 Å². The molecule has 2 aromatic heterocycles. The smallest absolute Gasteiger partial charge is 0.255 e. The molecule has 2 aliphatic heterocycles. The highest BCUT2D eigenvalue weighted by Gasteiger charge is 2.23. The van der Waals surface area contributed by atoms with Crippen molar-refractivity contribution in [3.63, 3.8) is 0 Å². The molecule has 1 aromatic carbocycles. The average Bonchev–Trinajstić information content (AvgIpc) is 2.74. The van der Waals surface area contributed by atoms with E-state index in [0.717, 1.165) is 49.4 Å². The van der Waals surface area contributed by atoms with Crippen LogP contribution >= 0.6 is 0 Å². The van der Waals surface area contributed by atoms with Crippen LogP contribution in [-0.2, 0) is 24.2 Å². The number of fused-ring (bicyclic) bond motifs is 2. The van der Waals surface area contributed by atoms with Crippen molar-refractivity contribution in [3.8, 4) is 0 Å². The first kappa shape index (κ1) is 17.3. The molecule has 0 atom stereocenters. The minimum absolute atomic E-state index is 0.000466. The summed E-state index contributed by atoms with van der Waals surface area (Å²) >= 11 is 0. The Kier molecular flexibility index (Phi) is 4.54. The van der Waals surface area contributed by atoms with Crippen LogP contribution in [0.1, 0.15) is 16.8 Å². The zero-order valence-corrected chi connectivity index (χ0v) is 15.7. The maximum absolute atomic E-state index is 12.6. The van der Waals surface area contributed by atoms with Gasteiger partial charge < -0.3 is 9.64 Å². The number of aromatic amines is 1. The van der Waals surface area contributed by atoms with Gasteiger partial charge in [-0.15, -0.1) is 0 Å². The first-order valence-corrected chi connectivity index (χ1v) is 9.78. The normalized spacial score (nSPS) is 17.6. The minimum atomic E-state index is 0.000466. The van der Waals surface area contributed by atoms with Crippen molar-refractivity contribution in [1.82, 2.24) is 19.9 Å². The molecule has 1 N–H and O–H groups in total. The van der Waals surface area contributed by atoms with Gasteiger partial charge in [0.1, 0.15) is 0 Å². The second kappa shape index (κ2) is 7.33. The lowest BCUT2D eigenvalue weighted by Gasteiger charge is -2.31. The first-order chi connectivity index (χ1) is 13.8. The zero-order chi connectivity index (χ0) is 18.9. The van der Waals surface area contributed by atoms with Crippen LogP contribution in [0.25, 0.3) is 10.9 Å². The van der Waals surface area contributed by atoms with Gasteiger partial charge in [0.15, 0.2) is 0 Å². The van der Waals surface area contributed by atoms with Crippen molar-refractivity contribution in [1.29, 1.82) is 0 Å². The number of nitrogens with one attached hydrogen (secondary N) is 1. The maximum atomic E-state index is 12.6. The number of pyridine rings is 1. The summed E-state index contributed by atoms with van der Waals surface area (Å²) in [5.74, 6) is 0.670. The summed E-state index contributed by atoms with van der Waals surface area (Å²) in [5.41, 5.74) is 4.00. The van der Waals surface area contributed by atoms with Crippen LogP contribution in [0.5, 0.6) is 0 Å². The van der Waals surface area contributed by atoms with Crippen molar-refractivity contribution in [2.24, 2.45) is 0 Å². The summed E-state index contributed by atoms with van der Waals surface area (Å²) < 4.78 is 5.41. The molecule has 0 amide bonds. The van der Waals surface area contributed by atoms with E-state index < -0.39 is 0 Å². The van der Waals surface area contributed by atoms with Gasteiger partial charge in [0.05, 0.1) is 24.4 Å². The van der Waals surface area contributed by atoms with Crippen LogP contribution in [-0.4, -0.2) is 52.7 Å². The zero-order valence-electron chi connectivity index (χ0n) is 15.7. The molecule has 4 heterocycles. The van der Waals surface area contributed by atoms with Crippen LogP contribution in [0.4, 0.5) is 5.95 Å². The van der Waals surface area contributed by atoms with E-state index in [4.69, 9.17) is 9.72 Å². The van der Waals surface area contributed by atoms with E-state index in [9.17, 15) is 4.79 Å². The average molecular weight is 377 g/mol. The third-order valence-electron chi connectivity index (χ3n) is 5.58. The van der Waals surface area contributed by atoms with E-state index in [1.165, 1.54) is 10.9 Å². The van der Waals surface area contributed by atoms with Gasteiger partial charge in [0.25, 0.3) is 5.56 Å². The highest BCUT2D eigenvalue weighted by molar-refractivity contribution is 5.81. The maximum Gasteiger partial charge on any atom is 0.255 e. The molecule has 28 heavy (non-hydrogen) atoms. The lowest BCUT2D eigenvalue weighted by Crippen LogP contribution is -2.40. The molecule has 0 aliphatic carbocycles. The second-order valence-electron chi connectivity index (χ2n) is 7.36. The molecule has 144 valence electrons. The Morgan fingerprint density at radius 3 is 2.86 bits per heavy atom. The number of hydrogen-bond acceptors (Lipinski definition) is 6. The summed E-state index contributed by atoms with van der Waals surface area (Å²) in [4.78, 5) is 29.3. The lowest BCUT2D eigenvalue weighted by atomic mass is 10.0. The molecule has 1 fully saturated rings. The number of aromatic nitrogens is 3. The molecular formula is C21H23N5O2. The quantitative estimate of drug-likeness (QED) is 0.749. The predicted octanol–water partition coefficient (Wildman–Crippen LogP) is 1.71. The molecule has 0 bridgehead atoms. The molecule has 7 nitrogen and oxygen atoms in total. The van der Waals surface area contributed by atoms with E-state index in [-0.39, 0.29) is 5.56 Å². The molecule has 5 rings (SSSR count). The summed E-state index contributed by atoms with van der Waals surface area (Å²) in [6.07, 6.45) is 2.60. The highest BCUT2D eigenvalue weighted by atomic mass is 16.5. The van der Waals surface area contributed by atoms with Gasteiger partial charge >= 0.3 is 0 Å². The number of benzene rings is 1. The van der Waals surface area contributed by atoms with Crippen LogP contribution in [0, 0.1) is 0 Å². The standard InChI is InChI=1S/C21H23N5O2/c27-20-17-6-8-25(13-15-5-7-22-18-4-2-1-3-16(15)18)14-19(17)23-21(24-20)26-9-11-28-12-10-26/h1-5,7H,6,8-14H2,(H,23,24,27). The summed E-state index contributed by atoms with van der Waals surface area (Å²) in [7, 11) is 0. The summed E-state index contributed by atoms with van der Waals surface area (Å²) in [5, 5.41) is 1.18. The van der Waals surface area contributed by atoms with Crippen molar-refractivity contribution in [2.45, 2.75) is 19.5 Å². The topological polar surface area (TPSA) is 74.3 Å². The second-order valence-corrected chi connectivity index (χ2v) is 7.36. The molecule has 0 saturated carbocycles. The third kappa shape index (κ3) is 3.27. The van der Waals surface area contributed by atoms with E-state index in [1.807, 2.05) is 18.3 Å². The van der Waals surface area contributed by atoms with Crippen LogP contribution < -0.4 is 10.5 Å². The Balaban J connectivity index is 1.41. The Bertz CT molecular complexity index is 1050. The van der Waals surface area contributed by atoms with Crippen LogP contribution in [0.3, 0.4) is 0 Å². The van der Waals surface area contributed by atoms with Gasteiger partial charge in [-0.1, -0.05) is 18.2 Å². The van der Waals surface area contributed by atoms with Gasteiger partial charge in [-0.25, -0.2) is 4.98 Å². The number of rotatable bonds is 3. The fraction of sp³-hybridized carbons (Fsp3) is 0.381. The van der Waals surface area contributed by atoms with E-state index in [2.05, 4.69) is 38.0 Å². The van der Waals surface area contributed by atoms with Gasteiger partial charge in [-0.2, -0.15) is 0 Å². The monoisotopic (exact) mass is 377 g/mol. The largest absolute Gasteiger partial charge is 0.378 e. The molecule has 0 spiro atoms. The molecule has 3 aromatic rings. The van der Waals surface area contributed by atoms with E-state index in [0.29, 0.717) is 25.7 Å². The van der Waals surface area contributed by atoms with E-state index >= 15 is 0 Å². The van der Waals surface area contributed by atoms with Gasteiger partial charge in [-0.05, 0) is 24.1 Å². The molecule has 0 radical (unpaired) electrons. The molecule has 1 saturated heterocycles. The molecule has 2 aliphatic rings. The number of morpholine rings is 1. The summed E-state index contributed by atoms with van der Waals surface area (Å²) in [6, 6.07) is 10.3. The van der Waals surface area contributed by atoms with Crippen LogP contribution in [0.2, 0.25) is 0 Å². The summed E-state index contributed by atoms with van der Waals surface area (Å²) in [6.45, 7) is 5.22. The first-order valence-electron chi connectivity index (χ1n) is 9.78. The number of nitrogens with zero attached hydrogens (tertiary/aromatic N) is 4. The molecular weight excluding hydrogens is 354 g/mol. The number of anilines is 1. The Morgan fingerprint density at radius 2 is 1.96 bits per heavy atom. The van der Waals surface area contributed by atoms with Crippen molar-refractivity contribution < 1.29 is 4.74 Å². The third-order valence-corrected chi connectivity index (χ3v) is 5.58. The number of para-hydroxylation sites is 1. The number of H-pyrrole nitrogens is 1. The Morgan fingerprint density at radius 1 is 1.11 bits per heavy atom. The van der Waals surface area contributed by atoms with Crippen molar-refractivity contribution in [2.75, 3.05) is 37.7 Å². The van der Waals surface area contributed by atoms with Gasteiger partial charge in [0.2, 0.25) is 5.95 Å². The molecule has 7 heteroatoms. The SMILES string of the molecule is O=c1[nH]c(N2CCOCC2)nc2c1CCN(Cc1ccnc3ccccc13)C2. The highest BCUT2D eigenvalue weighted by Crippen LogP contribution is 2.22. The number of hydrogen-bond donors (Lipinski definition) is 1. The fourth-order valence-corrected chi connectivity index (χ4v) is 4.07. The van der Waals surface area contributed by atoms with Crippen molar-refractivity contribution in [3.05, 3.63) is 63.7 Å². The predicted molar refractivity (Wildman–Crippen MR) is 107 cm³/mol. The minimum Gasteiger partial charge on any atom is -0.378 e. The molecule has 0 unspecified atom stereocenters. The lowest BCUT2D eigenvalue weighted by molar-refractivity contribution is 0.122. The Labute approximate surface area is 163 Å². The van der Waals surface area contributed by atoms with Crippen LogP contribution in [0.15, 0.2) is 41.3 Å². The van der Waals surface area contributed by atoms with Gasteiger partial charge in [-0.3, -0.25) is 19.7 Å². The fourth-order valence-electron chi connectivity index (χ4n) is 4.07. The number of ether oxygens (including phenoxy) is 1.